The van der Waals surface area contributed by atoms with Crippen molar-refractivity contribution in [3.63, 3.8) is 0 Å². The van der Waals surface area contributed by atoms with Gasteiger partial charge in [-0.3, -0.25) is 4.79 Å². The molecular formula is C16H24N2O2. The summed E-state index contributed by atoms with van der Waals surface area (Å²) in [4.78, 5) is 11.9. The first kappa shape index (κ1) is 15.0. The molecule has 0 heterocycles. The molecule has 1 aliphatic carbocycles. The van der Waals surface area contributed by atoms with Gasteiger partial charge in [-0.25, -0.2) is 0 Å². The van der Waals surface area contributed by atoms with Crippen LogP contribution in [0.5, 0.6) is 0 Å². The van der Waals surface area contributed by atoms with Gasteiger partial charge in [0, 0.05) is 19.1 Å². The van der Waals surface area contributed by atoms with Crippen LogP contribution < -0.4 is 11.1 Å². The van der Waals surface area contributed by atoms with Crippen LogP contribution in [0.2, 0.25) is 0 Å². The van der Waals surface area contributed by atoms with E-state index in [2.05, 4.69) is 36.5 Å². The fourth-order valence-corrected chi connectivity index (χ4v) is 2.98. The Kier molecular flexibility index (Phi) is 4.78. The summed E-state index contributed by atoms with van der Waals surface area (Å²) in [5, 5.41) is 2.97. The molecule has 2 atom stereocenters. The third-order valence-electron chi connectivity index (χ3n) is 4.18. The molecule has 1 aromatic carbocycles. The number of hydrogen-bond donors (Lipinski definition) is 2. The maximum atomic E-state index is 11.9. The van der Waals surface area contributed by atoms with Gasteiger partial charge in [-0.1, -0.05) is 31.2 Å². The van der Waals surface area contributed by atoms with Gasteiger partial charge in [0.2, 0.25) is 5.91 Å². The Labute approximate surface area is 120 Å². The maximum absolute atomic E-state index is 11.9. The van der Waals surface area contributed by atoms with Crippen molar-refractivity contribution in [2.24, 2.45) is 5.73 Å². The number of benzene rings is 1. The summed E-state index contributed by atoms with van der Waals surface area (Å²) in [7, 11) is 1.55. The van der Waals surface area contributed by atoms with Gasteiger partial charge in [-0.15, -0.1) is 0 Å². The molecule has 110 valence electrons. The van der Waals surface area contributed by atoms with E-state index in [9.17, 15) is 4.79 Å². The van der Waals surface area contributed by atoms with Crippen molar-refractivity contribution in [3.8, 4) is 0 Å². The highest BCUT2D eigenvalue weighted by Gasteiger charge is 2.32. The SMILES string of the molecule is COCC(N)C(=O)NCC1(C)CCCc2ccccc21. The molecule has 1 amide bonds. The number of amides is 1. The first-order valence-corrected chi connectivity index (χ1v) is 7.17. The fraction of sp³-hybridized carbons (Fsp3) is 0.562. The van der Waals surface area contributed by atoms with Crippen LogP contribution in [0.4, 0.5) is 0 Å². The van der Waals surface area contributed by atoms with Crippen molar-refractivity contribution in [2.75, 3.05) is 20.3 Å². The first-order valence-electron chi connectivity index (χ1n) is 7.17. The van der Waals surface area contributed by atoms with Crippen LogP contribution in [0.1, 0.15) is 30.9 Å². The summed E-state index contributed by atoms with van der Waals surface area (Å²) in [6.45, 7) is 3.09. The Morgan fingerprint density at radius 3 is 3.00 bits per heavy atom. The number of rotatable bonds is 5. The monoisotopic (exact) mass is 276 g/mol. The first-order chi connectivity index (χ1) is 9.57. The molecule has 2 unspecified atom stereocenters. The minimum absolute atomic E-state index is 0.00268. The van der Waals surface area contributed by atoms with Crippen LogP contribution in [0.25, 0.3) is 0 Å². The largest absolute Gasteiger partial charge is 0.383 e. The van der Waals surface area contributed by atoms with Gasteiger partial charge in [0.15, 0.2) is 0 Å². The quantitative estimate of drug-likeness (QED) is 0.853. The molecule has 4 heteroatoms. The molecular weight excluding hydrogens is 252 g/mol. The molecule has 1 aromatic rings. The summed E-state index contributed by atoms with van der Waals surface area (Å²) >= 11 is 0. The highest BCUT2D eigenvalue weighted by atomic mass is 16.5. The van der Waals surface area contributed by atoms with Crippen molar-refractivity contribution in [2.45, 2.75) is 37.6 Å². The van der Waals surface area contributed by atoms with Crippen LogP contribution in [0.3, 0.4) is 0 Å². The standard InChI is InChI=1S/C16H24N2O2/c1-16(11-18-15(19)14(17)10-20-2)9-5-7-12-6-3-4-8-13(12)16/h3-4,6,8,14H,5,7,9-11,17H2,1-2H3,(H,18,19). The van der Waals surface area contributed by atoms with Gasteiger partial charge < -0.3 is 15.8 Å². The topological polar surface area (TPSA) is 64.3 Å². The van der Waals surface area contributed by atoms with E-state index in [4.69, 9.17) is 10.5 Å². The highest BCUT2D eigenvalue weighted by molar-refractivity contribution is 5.81. The summed E-state index contributed by atoms with van der Waals surface area (Å²) in [6, 6.07) is 7.92. The van der Waals surface area contributed by atoms with Gasteiger partial charge >= 0.3 is 0 Å². The summed E-state index contributed by atoms with van der Waals surface area (Å²) in [6.07, 6.45) is 3.38. The number of carbonyl (C=O) groups excluding carboxylic acids is 1. The van der Waals surface area contributed by atoms with Gasteiger partial charge in [0.1, 0.15) is 6.04 Å². The zero-order chi connectivity index (χ0) is 14.6. The van der Waals surface area contributed by atoms with Crippen molar-refractivity contribution in [1.82, 2.24) is 5.32 Å². The van der Waals surface area contributed by atoms with E-state index in [0.717, 1.165) is 19.3 Å². The molecule has 0 radical (unpaired) electrons. The number of aryl methyl sites for hydroxylation is 1. The molecule has 0 saturated carbocycles. The maximum Gasteiger partial charge on any atom is 0.239 e. The number of ether oxygens (including phenoxy) is 1. The van der Waals surface area contributed by atoms with Gasteiger partial charge in [-0.2, -0.15) is 0 Å². The lowest BCUT2D eigenvalue weighted by atomic mass is 9.71. The van der Waals surface area contributed by atoms with Gasteiger partial charge in [-0.05, 0) is 30.4 Å². The lowest BCUT2D eigenvalue weighted by Gasteiger charge is -2.36. The van der Waals surface area contributed by atoms with Crippen LogP contribution in [-0.2, 0) is 21.4 Å². The molecule has 1 aliphatic rings. The van der Waals surface area contributed by atoms with Gasteiger partial charge in [0.05, 0.1) is 6.61 Å². The van der Waals surface area contributed by atoms with Crippen LogP contribution >= 0.6 is 0 Å². The van der Waals surface area contributed by atoms with Crippen molar-refractivity contribution in [1.29, 1.82) is 0 Å². The Morgan fingerprint density at radius 1 is 1.50 bits per heavy atom. The molecule has 0 fully saturated rings. The number of nitrogens with one attached hydrogen (secondary N) is 1. The number of nitrogens with two attached hydrogens (primary N) is 1. The van der Waals surface area contributed by atoms with E-state index < -0.39 is 6.04 Å². The van der Waals surface area contributed by atoms with E-state index in [0.29, 0.717) is 6.54 Å². The Balaban J connectivity index is 2.04. The molecule has 2 rings (SSSR count). The molecule has 3 N–H and O–H groups in total. The van der Waals surface area contributed by atoms with Crippen molar-refractivity contribution >= 4 is 5.91 Å². The molecule has 0 aliphatic heterocycles. The zero-order valence-corrected chi connectivity index (χ0v) is 12.3. The molecule has 4 nitrogen and oxygen atoms in total. The van der Waals surface area contributed by atoms with E-state index >= 15 is 0 Å². The minimum atomic E-state index is -0.595. The van der Waals surface area contributed by atoms with E-state index in [-0.39, 0.29) is 17.9 Å². The highest BCUT2D eigenvalue weighted by Crippen LogP contribution is 2.36. The van der Waals surface area contributed by atoms with Crippen LogP contribution in [-0.4, -0.2) is 32.2 Å². The zero-order valence-electron chi connectivity index (χ0n) is 12.3. The van der Waals surface area contributed by atoms with E-state index in [1.54, 1.807) is 7.11 Å². The molecule has 0 saturated heterocycles. The summed E-state index contributed by atoms with van der Waals surface area (Å²) < 4.78 is 4.91. The van der Waals surface area contributed by atoms with Crippen LogP contribution in [0, 0.1) is 0 Å². The predicted molar refractivity (Wildman–Crippen MR) is 79.6 cm³/mol. The lowest BCUT2D eigenvalue weighted by molar-refractivity contribution is -0.123. The Bertz CT molecular complexity index is 475. The molecule has 20 heavy (non-hydrogen) atoms. The second-order valence-corrected chi connectivity index (χ2v) is 5.85. The average Bonchev–Trinajstić information content (AvgIpc) is 2.46. The molecule has 0 bridgehead atoms. The average molecular weight is 276 g/mol. The lowest BCUT2D eigenvalue weighted by Crippen LogP contribution is -2.48. The van der Waals surface area contributed by atoms with E-state index in [1.807, 2.05) is 0 Å². The number of fused-ring (bicyclic) bond motifs is 1. The third-order valence-corrected chi connectivity index (χ3v) is 4.18. The number of carbonyl (C=O) groups is 1. The normalized spacial score (nSPS) is 22.9. The molecule has 0 aromatic heterocycles. The molecule has 0 spiro atoms. The van der Waals surface area contributed by atoms with Crippen molar-refractivity contribution in [3.05, 3.63) is 35.4 Å². The fourth-order valence-electron chi connectivity index (χ4n) is 2.98. The third kappa shape index (κ3) is 3.19. The van der Waals surface area contributed by atoms with Crippen LogP contribution in [0.15, 0.2) is 24.3 Å². The summed E-state index contributed by atoms with van der Waals surface area (Å²) in [5.74, 6) is -0.142. The van der Waals surface area contributed by atoms with Crippen molar-refractivity contribution < 1.29 is 9.53 Å². The minimum Gasteiger partial charge on any atom is -0.383 e. The van der Waals surface area contributed by atoms with Gasteiger partial charge in [0.25, 0.3) is 0 Å². The Morgan fingerprint density at radius 2 is 2.25 bits per heavy atom. The second-order valence-electron chi connectivity index (χ2n) is 5.85. The predicted octanol–water partition coefficient (Wildman–Crippen LogP) is 1.37. The number of methoxy groups -OCH3 is 1. The Hall–Kier alpha value is -1.39. The van der Waals surface area contributed by atoms with E-state index in [1.165, 1.54) is 11.1 Å². The summed E-state index contributed by atoms with van der Waals surface area (Å²) in [5.41, 5.74) is 8.49. The smallest absolute Gasteiger partial charge is 0.239 e. The second kappa shape index (κ2) is 6.37. The number of hydrogen-bond acceptors (Lipinski definition) is 3.